The van der Waals surface area contributed by atoms with Crippen molar-refractivity contribution < 1.29 is 4.74 Å². The van der Waals surface area contributed by atoms with Gasteiger partial charge in [-0.05, 0) is 31.8 Å². The lowest BCUT2D eigenvalue weighted by Gasteiger charge is -2.27. The molecule has 0 heterocycles. The van der Waals surface area contributed by atoms with Gasteiger partial charge in [0, 0.05) is 30.7 Å². The maximum absolute atomic E-state index is 6.21. The van der Waals surface area contributed by atoms with Gasteiger partial charge >= 0.3 is 0 Å². The van der Waals surface area contributed by atoms with E-state index < -0.39 is 0 Å². The third-order valence-corrected chi connectivity index (χ3v) is 4.58. The van der Waals surface area contributed by atoms with Crippen LogP contribution in [-0.4, -0.2) is 45.7 Å². The van der Waals surface area contributed by atoms with E-state index in [9.17, 15) is 0 Å². The molecule has 0 aliphatic carbocycles. The van der Waals surface area contributed by atoms with Crippen LogP contribution in [0.25, 0.3) is 0 Å². The molecule has 5 nitrogen and oxygen atoms in total. The van der Waals surface area contributed by atoms with Crippen molar-refractivity contribution in [2.75, 3.05) is 34.8 Å². The van der Waals surface area contributed by atoms with Gasteiger partial charge in [-0.1, -0.05) is 48.0 Å². The summed E-state index contributed by atoms with van der Waals surface area (Å²) in [5.41, 5.74) is 2.17. The monoisotopic (exact) mass is 502 g/mol. The molecule has 0 fully saturated rings. The van der Waals surface area contributed by atoms with E-state index in [0.29, 0.717) is 13.1 Å². The number of benzene rings is 2. The Kier molecular flexibility index (Phi) is 10.5. The van der Waals surface area contributed by atoms with E-state index in [0.717, 1.165) is 27.9 Å². The average Bonchev–Trinajstić information content (AvgIpc) is 2.65. The highest BCUT2D eigenvalue weighted by Gasteiger charge is 2.18. The maximum atomic E-state index is 6.21. The molecule has 0 aliphatic rings. The number of nitrogens with zero attached hydrogens (tertiary/aromatic N) is 2. The summed E-state index contributed by atoms with van der Waals surface area (Å²) in [5.74, 6) is 1.61. The lowest BCUT2D eigenvalue weighted by Crippen LogP contribution is -2.41. The zero-order valence-corrected chi connectivity index (χ0v) is 19.3. The first kappa shape index (κ1) is 23.5. The zero-order chi connectivity index (χ0) is 18.9. The first-order valence-corrected chi connectivity index (χ1v) is 8.92. The molecule has 0 aliphatic heterocycles. The Morgan fingerprint density at radius 2 is 1.78 bits per heavy atom. The molecule has 1 unspecified atom stereocenters. The van der Waals surface area contributed by atoms with E-state index in [-0.39, 0.29) is 30.0 Å². The Labute approximate surface area is 184 Å². The van der Waals surface area contributed by atoms with Crippen molar-refractivity contribution in [3.8, 4) is 5.75 Å². The predicted octanol–water partition coefficient (Wildman–Crippen LogP) is 3.93. The first-order chi connectivity index (χ1) is 12.6. The zero-order valence-electron chi connectivity index (χ0n) is 16.2. The normalized spacial score (nSPS) is 12.3. The van der Waals surface area contributed by atoms with E-state index in [1.54, 1.807) is 14.2 Å². The summed E-state index contributed by atoms with van der Waals surface area (Å²) >= 11 is 6.21. The fourth-order valence-corrected chi connectivity index (χ4v) is 2.95. The van der Waals surface area contributed by atoms with Gasteiger partial charge in [-0.2, -0.15) is 0 Å². The van der Waals surface area contributed by atoms with Crippen molar-refractivity contribution >= 4 is 41.5 Å². The van der Waals surface area contributed by atoms with Crippen LogP contribution in [0.4, 0.5) is 0 Å². The minimum atomic E-state index is 0. The van der Waals surface area contributed by atoms with Gasteiger partial charge < -0.3 is 20.3 Å². The standard InChI is InChI=1S/C20H27ClN4O.HI/c1-22-20(23-13-15-9-5-7-11-17(15)21)24-14-18(25(2)3)16-10-6-8-12-19(16)26-4;/h5-12,18H,13-14H2,1-4H3,(H2,22,23,24);1H. The van der Waals surface area contributed by atoms with Crippen LogP contribution in [0.15, 0.2) is 53.5 Å². The molecule has 7 heteroatoms. The van der Waals surface area contributed by atoms with Gasteiger partial charge in [0.1, 0.15) is 5.75 Å². The molecule has 2 aromatic carbocycles. The van der Waals surface area contributed by atoms with Crippen LogP contribution in [0.5, 0.6) is 5.75 Å². The van der Waals surface area contributed by atoms with Crippen LogP contribution in [-0.2, 0) is 6.54 Å². The van der Waals surface area contributed by atoms with E-state index in [2.05, 4.69) is 40.7 Å². The van der Waals surface area contributed by atoms with Crippen LogP contribution >= 0.6 is 35.6 Å². The first-order valence-electron chi connectivity index (χ1n) is 8.54. The molecule has 2 rings (SSSR count). The number of halogens is 2. The van der Waals surface area contributed by atoms with Crippen LogP contribution in [0.2, 0.25) is 5.02 Å². The SMILES string of the molecule is CN=C(NCc1ccccc1Cl)NCC(c1ccccc1OC)N(C)C.I. The van der Waals surface area contributed by atoms with Gasteiger partial charge in [0.15, 0.2) is 5.96 Å². The van der Waals surface area contributed by atoms with Gasteiger partial charge in [-0.25, -0.2) is 0 Å². The molecule has 0 radical (unpaired) electrons. The molecule has 0 spiro atoms. The molecule has 0 amide bonds. The van der Waals surface area contributed by atoms with Gasteiger partial charge in [-0.3, -0.25) is 4.99 Å². The van der Waals surface area contributed by atoms with Crippen molar-refractivity contribution in [2.24, 2.45) is 4.99 Å². The second kappa shape index (κ2) is 12.0. The lowest BCUT2D eigenvalue weighted by atomic mass is 10.0. The molecular weight excluding hydrogens is 475 g/mol. The summed E-state index contributed by atoms with van der Waals surface area (Å²) in [6.07, 6.45) is 0. The van der Waals surface area contributed by atoms with Gasteiger partial charge in [0.25, 0.3) is 0 Å². The number of nitrogens with one attached hydrogen (secondary N) is 2. The van der Waals surface area contributed by atoms with E-state index in [1.807, 2.05) is 42.5 Å². The minimum absolute atomic E-state index is 0. The molecule has 0 bridgehead atoms. The summed E-state index contributed by atoms with van der Waals surface area (Å²) in [5, 5.41) is 7.44. The Bertz CT molecular complexity index is 739. The Morgan fingerprint density at radius 3 is 2.41 bits per heavy atom. The number of guanidine groups is 1. The summed E-state index contributed by atoms with van der Waals surface area (Å²) in [6, 6.07) is 16.0. The Hall–Kier alpha value is -1.51. The van der Waals surface area contributed by atoms with Crippen molar-refractivity contribution in [3.63, 3.8) is 0 Å². The molecule has 27 heavy (non-hydrogen) atoms. The van der Waals surface area contributed by atoms with E-state index in [4.69, 9.17) is 16.3 Å². The van der Waals surface area contributed by atoms with Crippen molar-refractivity contribution in [1.82, 2.24) is 15.5 Å². The summed E-state index contributed by atoms with van der Waals surface area (Å²) in [7, 11) is 7.57. The number of likely N-dealkylation sites (N-methyl/N-ethyl adjacent to an activating group) is 1. The fraction of sp³-hybridized carbons (Fsp3) is 0.350. The Balaban J connectivity index is 0.00000364. The van der Waals surface area contributed by atoms with Crippen LogP contribution in [0, 0.1) is 0 Å². The third kappa shape index (κ3) is 6.86. The second-order valence-electron chi connectivity index (χ2n) is 6.12. The Morgan fingerprint density at radius 1 is 1.11 bits per heavy atom. The van der Waals surface area contributed by atoms with E-state index >= 15 is 0 Å². The molecule has 148 valence electrons. The molecule has 0 saturated heterocycles. The van der Waals surface area contributed by atoms with E-state index in [1.165, 1.54) is 0 Å². The number of rotatable bonds is 7. The second-order valence-corrected chi connectivity index (χ2v) is 6.53. The smallest absolute Gasteiger partial charge is 0.191 e. The number of aliphatic imine (C=N–C) groups is 1. The minimum Gasteiger partial charge on any atom is -0.496 e. The quantitative estimate of drug-likeness (QED) is 0.342. The molecule has 2 aromatic rings. The number of methoxy groups -OCH3 is 1. The molecule has 2 N–H and O–H groups in total. The summed E-state index contributed by atoms with van der Waals surface area (Å²) < 4.78 is 5.51. The lowest BCUT2D eigenvalue weighted by molar-refractivity contribution is 0.287. The molecule has 1 atom stereocenters. The van der Waals surface area contributed by atoms with Crippen LogP contribution < -0.4 is 15.4 Å². The molecule has 0 aromatic heterocycles. The van der Waals surface area contributed by atoms with Gasteiger partial charge in [0.05, 0.1) is 13.2 Å². The maximum Gasteiger partial charge on any atom is 0.191 e. The third-order valence-electron chi connectivity index (χ3n) is 4.21. The fourth-order valence-electron chi connectivity index (χ4n) is 2.75. The number of para-hydroxylation sites is 1. The number of hydrogen-bond donors (Lipinski definition) is 2. The summed E-state index contributed by atoms with van der Waals surface area (Å²) in [6.45, 7) is 1.30. The van der Waals surface area contributed by atoms with Crippen LogP contribution in [0.3, 0.4) is 0 Å². The predicted molar refractivity (Wildman–Crippen MR) is 124 cm³/mol. The highest BCUT2D eigenvalue weighted by Crippen LogP contribution is 2.27. The highest BCUT2D eigenvalue weighted by molar-refractivity contribution is 14.0. The topological polar surface area (TPSA) is 48.9 Å². The average molecular weight is 503 g/mol. The van der Waals surface area contributed by atoms with Crippen molar-refractivity contribution in [1.29, 1.82) is 0 Å². The molecular formula is C20H28ClIN4O. The summed E-state index contributed by atoms with van der Waals surface area (Å²) in [4.78, 5) is 6.46. The highest BCUT2D eigenvalue weighted by atomic mass is 127. The van der Waals surface area contributed by atoms with Gasteiger partial charge in [0.2, 0.25) is 0 Å². The molecule has 0 saturated carbocycles. The van der Waals surface area contributed by atoms with Gasteiger partial charge in [-0.15, -0.1) is 24.0 Å². The van der Waals surface area contributed by atoms with Crippen molar-refractivity contribution in [2.45, 2.75) is 12.6 Å². The largest absolute Gasteiger partial charge is 0.496 e. The number of hydrogen-bond acceptors (Lipinski definition) is 3. The van der Waals surface area contributed by atoms with Crippen molar-refractivity contribution in [3.05, 3.63) is 64.7 Å². The number of ether oxygens (including phenoxy) is 1. The van der Waals surface area contributed by atoms with Crippen LogP contribution in [0.1, 0.15) is 17.2 Å².